The molecule has 2 amide bonds. The molecule has 2 rings (SSSR count). The Hall–Kier alpha value is -2.04. The maximum absolute atomic E-state index is 12.0. The summed E-state index contributed by atoms with van der Waals surface area (Å²) >= 11 is 6.04. The van der Waals surface area contributed by atoms with Gasteiger partial charge in [-0.1, -0.05) is 41.9 Å². The first-order chi connectivity index (χ1) is 10.6. The third kappa shape index (κ3) is 4.23. The van der Waals surface area contributed by atoms with Crippen LogP contribution >= 0.6 is 11.6 Å². The predicted octanol–water partition coefficient (Wildman–Crippen LogP) is 4.12. The predicted molar refractivity (Wildman–Crippen MR) is 89.2 cm³/mol. The lowest BCUT2D eigenvalue weighted by molar-refractivity contribution is 0.184. The Morgan fingerprint density at radius 2 is 1.86 bits per heavy atom. The van der Waals surface area contributed by atoms with Crippen LogP contribution in [0.15, 0.2) is 42.5 Å². The fourth-order valence-corrected chi connectivity index (χ4v) is 2.29. The van der Waals surface area contributed by atoms with E-state index in [9.17, 15) is 4.79 Å². The van der Waals surface area contributed by atoms with Crippen molar-refractivity contribution in [3.05, 3.63) is 64.2 Å². The molecule has 0 radical (unpaired) electrons. The molecule has 0 aliphatic carbocycles. The van der Waals surface area contributed by atoms with E-state index in [4.69, 9.17) is 16.3 Å². The number of methoxy groups -OCH3 is 1. The topological polar surface area (TPSA) is 50.4 Å². The number of anilines is 1. The molecule has 0 heterocycles. The minimum atomic E-state index is -0.266. The molecule has 0 aromatic heterocycles. The van der Waals surface area contributed by atoms with E-state index in [1.54, 1.807) is 19.2 Å². The Labute approximate surface area is 135 Å². The molecule has 2 aromatic carbocycles. The summed E-state index contributed by atoms with van der Waals surface area (Å²) in [6.45, 7) is 2.82. The summed E-state index contributed by atoms with van der Waals surface area (Å²) in [7, 11) is 1.65. The van der Waals surface area contributed by atoms with Crippen LogP contribution in [0.5, 0.6) is 0 Å². The highest BCUT2D eigenvalue weighted by atomic mass is 35.5. The fraction of sp³-hybridized carbons (Fsp3) is 0.235. The first kappa shape index (κ1) is 16.3. The monoisotopic (exact) mass is 318 g/mol. The molecule has 0 saturated heterocycles. The first-order valence-electron chi connectivity index (χ1n) is 6.97. The zero-order valence-electron chi connectivity index (χ0n) is 12.7. The molecular weight excluding hydrogens is 300 g/mol. The van der Waals surface area contributed by atoms with Crippen LogP contribution in [0.2, 0.25) is 5.02 Å². The van der Waals surface area contributed by atoms with Gasteiger partial charge in [-0.15, -0.1) is 0 Å². The van der Waals surface area contributed by atoms with Gasteiger partial charge in [0.05, 0.1) is 6.61 Å². The molecule has 0 aliphatic rings. The van der Waals surface area contributed by atoms with Crippen LogP contribution in [-0.2, 0) is 17.9 Å². The average molecular weight is 319 g/mol. The van der Waals surface area contributed by atoms with Crippen molar-refractivity contribution in [2.45, 2.75) is 20.1 Å². The van der Waals surface area contributed by atoms with Crippen molar-refractivity contribution in [1.29, 1.82) is 0 Å². The van der Waals surface area contributed by atoms with Crippen LogP contribution in [0.4, 0.5) is 10.5 Å². The quantitative estimate of drug-likeness (QED) is 0.871. The molecule has 22 heavy (non-hydrogen) atoms. The van der Waals surface area contributed by atoms with Crippen LogP contribution in [-0.4, -0.2) is 13.1 Å². The molecule has 116 valence electrons. The second kappa shape index (κ2) is 7.82. The summed E-state index contributed by atoms with van der Waals surface area (Å²) < 4.78 is 5.16. The third-order valence-corrected chi connectivity index (χ3v) is 3.78. The molecule has 0 saturated carbocycles. The summed E-state index contributed by atoms with van der Waals surface area (Å²) in [6.07, 6.45) is 0. The van der Waals surface area contributed by atoms with Gasteiger partial charge in [0.2, 0.25) is 0 Å². The van der Waals surface area contributed by atoms with Gasteiger partial charge in [-0.25, -0.2) is 4.79 Å². The number of nitrogens with one attached hydrogen (secondary N) is 2. The van der Waals surface area contributed by atoms with E-state index >= 15 is 0 Å². The highest BCUT2D eigenvalue weighted by molar-refractivity contribution is 6.31. The molecule has 4 nitrogen and oxygen atoms in total. The normalized spacial score (nSPS) is 10.3. The van der Waals surface area contributed by atoms with E-state index in [1.807, 2.05) is 37.3 Å². The third-order valence-electron chi connectivity index (χ3n) is 3.37. The molecule has 0 aliphatic heterocycles. The Bertz CT molecular complexity index is 659. The molecule has 0 bridgehead atoms. The van der Waals surface area contributed by atoms with Gasteiger partial charge in [-0.3, -0.25) is 0 Å². The van der Waals surface area contributed by atoms with Gasteiger partial charge in [-0.2, -0.15) is 0 Å². The maximum atomic E-state index is 12.0. The average Bonchev–Trinajstić information content (AvgIpc) is 2.51. The largest absolute Gasteiger partial charge is 0.380 e. The molecule has 2 N–H and O–H groups in total. The lowest BCUT2D eigenvalue weighted by Gasteiger charge is -2.12. The minimum Gasteiger partial charge on any atom is -0.380 e. The highest BCUT2D eigenvalue weighted by Gasteiger charge is 2.07. The van der Waals surface area contributed by atoms with Gasteiger partial charge < -0.3 is 15.4 Å². The van der Waals surface area contributed by atoms with E-state index in [0.29, 0.717) is 23.9 Å². The van der Waals surface area contributed by atoms with E-state index in [0.717, 1.165) is 16.7 Å². The van der Waals surface area contributed by atoms with Gasteiger partial charge in [-0.05, 0) is 35.7 Å². The SMILES string of the molecule is COCc1ccccc1CNC(=O)Nc1cccc(Cl)c1C. The molecule has 0 atom stereocenters. The summed E-state index contributed by atoms with van der Waals surface area (Å²) in [5, 5.41) is 6.28. The smallest absolute Gasteiger partial charge is 0.319 e. The maximum Gasteiger partial charge on any atom is 0.319 e. The number of hydrogen-bond donors (Lipinski definition) is 2. The fourth-order valence-electron chi connectivity index (χ4n) is 2.11. The first-order valence-corrected chi connectivity index (χ1v) is 7.35. The van der Waals surface area contributed by atoms with Crippen LogP contribution in [0.3, 0.4) is 0 Å². The number of benzene rings is 2. The van der Waals surface area contributed by atoms with E-state index in [1.165, 1.54) is 0 Å². The highest BCUT2D eigenvalue weighted by Crippen LogP contribution is 2.22. The number of urea groups is 1. The van der Waals surface area contributed by atoms with Crippen LogP contribution in [0.25, 0.3) is 0 Å². The summed E-state index contributed by atoms with van der Waals surface area (Å²) in [5.41, 5.74) is 3.64. The number of amides is 2. The number of rotatable bonds is 5. The van der Waals surface area contributed by atoms with Gasteiger partial charge in [0, 0.05) is 24.4 Å². The van der Waals surface area contributed by atoms with Crippen LogP contribution in [0, 0.1) is 6.92 Å². The molecule has 0 fully saturated rings. The standard InChI is InChI=1S/C17H19ClN2O2/c1-12-15(18)8-5-9-16(12)20-17(21)19-10-13-6-3-4-7-14(13)11-22-2/h3-9H,10-11H2,1-2H3,(H2,19,20,21). The summed E-state index contributed by atoms with van der Waals surface area (Å²) in [4.78, 5) is 12.0. The zero-order chi connectivity index (χ0) is 15.9. The van der Waals surface area contributed by atoms with E-state index in [2.05, 4.69) is 10.6 Å². The van der Waals surface area contributed by atoms with Crippen LogP contribution < -0.4 is 10.6 Å². The van der Waals surface area contributed by atoms with Gasteiger partial charge >= 0.3 is 6.03 Å². The van der Waals surface area contributed by atoms with Gasteiger partial charge in [0.15, 0.2) is 0 Å². The van der Waals surface area contributed by atoms with Gasteiger partial charge in [0.1, 0.15) is 0 Å². The molecule has 5 heteroatoms. The second-order valence-electron chi connectivity index (χ2n) is 4.92. The zero-order valence-corrected chi connectivity index (χ0v) is 13.4. The number of ether oxygens (including phenoxy) is 1. The van der Waals surface area contributed by atoms with Crippen molar-refractivity contribution in [2.24, 2.45) is 0 Å². The van der Waals surface area contributed by atoms with Crippen molar-refractivity contribution in [3.63, 3.8) is 0 Å². The second-order valence-corrected chi connectivity index (χ2v) is 5.33. The minimum absolute atomic E-state index is 0.266. The number of hydrogen-bond acceptors (Lipinski definition) is 2. The number of halogens is 1. The van der Waals surface area contributed by atoms with Crippen molar-refractivity contribution >= 4 is 23.3 Å². The van der Waals surface area contributed by atoms with Gasteiger partial charge in [0.25, 0.3) is 0 Å². The Morgan fingerprint density at radius 3 is 2.59 bits per heavy atom. The number of carbonyl (C=O) groups is 1. The Balaban J connectivity index is 1.97. The molecule has 2 aromatic rings. The van der Waals surface area contributed by atoms with Crippen molar-refractivity contribution < 1.29 is 9.53 Å². The molecule has 0 spiro atoms. The number of carbonyl (C=O) groups excluding carboxylic acids is 1. The Morgan fingerprint density at radius 1 is 1.14 bits per heavy atom. The lowest BCUT2D eigenvalue weighted by atomic mass is 10.1. The molecule has 0 unspecified atom stereocenters. The van der Waals surface area contributed by atoms with Crippen LogP contribution in [0.1, 0.15) is 16.7 Å². The van der Waals surface area contributed by atoms with Crippen molar-refractivity contribution in [1.82, 2.24) is 5.32 Å². The van der Waals surface area contributed by atoms with Crippen molar-refractivity contribution in [2.75, 3.05) is 12.4 Å². The lowest BCUT2D eigenvalue weighted by Crippen LogP contribution is -2.28. The molecular formula is C17H19ClN2O2. The van der Waals surface area contributed by atoms with Crippen molar-refractivity contribution in [3.8, 4) is 0 Å². The van der Waals surface area contributed by atoms with E-state index < -0.39 is 0 Å². The summed E-state index contributed by atoms with van der Waals surface area (Å²) in [5.74, 6) is 0. The summed E-state index contributed by atoms with van der Waals surface area (Å²) in [6, 6.07) is 13.0. The Kier molecular flexibility index (Phi) is 5.81. The van der Waals surface area contributed by atoms with E-state index in [-0.39, 0.29) is 6.03 Å².